The first-order valence-electron chi connectivity index (χ1n) is 6.72. The van der Waals surface area contributed by atoms with Crippen LogP contribution in [0.25, 0.3) is 0 Å². The van der Waals surface area contributed by atoms with Crippen LogP contribution in [-0.4, -0.2) is 11.9 Å². The van der Waals surface area contributed by atoms with Crippen LogP contribution in [0, 0.1) is 11.8 Å². The SMILES string of the molecule is C[C@@H]1CCCC[C@@H]1NC(=O)[C@H]1CC=CCC1. The van der Waals surface area contributed by atoms with E-state index in [1.165, 1.54) is 25.7 Å². The molecule has 1 amide bonds. The van der Waals surface area contributed by atoms with Gasteiger partial charge in [-0.15, -0.1) is 0 Å². The van der Waals surface area contributed by atoms with E-state index in [1.807, 2.05) is 0 Å². The van der Waals surface area contributed by atoms with E-state index in [0.717, 1.165) is 19.3 Å². The number of nitrogens with one attached hydrogen (secondary N) is 1. The van der Waals surface area contributed by atoms with Crippen molar-refractivity contribution in [2.45, 2.75) is 57.9 Å². The molecule has 0 spiro atoms. The zero-order valence-corrected chi connectivity index (χ0v) is 10.2. The molecule has 0 aromatic rings. The lowest BCUT2D eigenvalue weighted by Crippen LogP contribution is -2.43. The minimum absolute atomic E-state index is 0.235. The molecule has 0 aromatic heterocycles. The second kappa shape index (κ2) is 5.51. The highest BCUT2D eigenvalue weighted by atomic mass is 16.1. The first kappa shape index (κ1) is 11.7. The van der Waals surface area contributed by atoms with Gasteiger partial charge in [0, 0.05) is 12.0 Å². The van der Waals surface area contributed by atoms with E-state index in [9.17, 15) is 4.79 Å². The van der Waals surface area contributed by atoms with Crippen molar-refractivity contribution in [1.82, 2.24) is 5.32 Å². The van der Waals surface area contributed by atoms with Gasteiger partial charge in [-0.3, -0.25) is 4.79 Å². The quantitative estimate of drug-likeness (QED) is 0.713. The van der Waals surface area contributed by atoms with Crippen molar-refractivity contribution in [2.75, 3.05) is 0 Å². The molecule has 2 aliphatic rings. The van der Waals surface area contributed by atoms with E-state index in [1.54, 1.807) is 0 Å². The molecule has 1 saturated carbocycles. The van der Waals surface area contributed by atoms with Gasteiger partial charge < -0.3 is 5.32 Å². The van der Waals surface area contributed by atoms with Gasteiger partial charge in [-0.1, -0.05) is 31.9 Å². The third-order valence-corrected chi connectivity index (χ3v) is 4.08. The molecule has 0 bridgehead atoms. The van der Waals surface area contributed by atoms with Crippen molar-refractivity contribution >= 4 is 5.91 Å². The summed E-state index contributed by atoms with van der Waals surface area (Å²) in [6.45, 7) is 2.27. The molecule has 0 aliphatic heterocycles. The van der Waals surface area contributed by atoms with Gasteiger partial charge in [-0.2, -0.15) is 0 Å². The number of allylic oxidation sites excluding steroid dienone is 2. The third-order valence-electron chi connectivity index (χ3n) is 4.08. The topological polar surface area (TPSA) is 29.1 Å². The first-order valence-corrected chi connectivity index (χ1v) is 6.72. The second-order valence-corrected chi connectivity index (χ2v) is 5.36. The fraction of sp³-hybridized carbons (Fsp3) is 0.786. The zero-order valence-electron chi connectivity index (χ0n) is 10.2. The number of amides is 1. The van der Waals surface area contributed by atoms with Crippen LogP contribution in [0.5, 0.6) is 0 Å². The molecule has 0 unspecified atom stereocenters. The lowest BCUT2D eigenvalue weighted by molar-refractivity contribution is -0.126. The van der Waals surface area contributed by atoms with Gasteiger partial charge in [0.15, 0.2) is 0 Å². The number of carbonyl (C=O) groups is 1. The summed E-state index contributed by atoms with van der Waals surface area (Å²) in [5.41, 5.74) is 0. The van der Waals surface area contributed by atoms with Crippen LogP contribution in [0.3, 0.4) is 0 Å². The fourth-order valence-corrected chi connectivity index (χ4v) is 2.86. The maximum atomic E-state index is 12.1. The van der Waals surface area contributed by atoms with Gasteiger partial charge in [0.1, 0.15) is 0 Å². The molecule has 1 fully saturated rings. The van der Waals surface area contributed by atoms with Crippen LogP contribution in [0.15, 0.2) is 12.2 Å². The Morgan fingerprint density at radius 1 is 1.19 bits per heavy atom. The van der Waals surface area contributed by atoms with Crippen molar-refractivity contribution in [3.63, 3.8) is 0 Å². The number of hydrogen-bond donors (Lipinski definition) is 1. The summed E-state index contributed by atoms with van der Waals surface area (Å²) in [7, 11) is 0. The summed E-state index contributed by atoms with van der Waals surface area (Å²) in [6.07, 6.45) is 12.4. The molecule has 0 saturated heterocycles. The van der Waals surface area contributed by atoms with E-state index in [-0.39, 0.29) is 5.92 Å². The van der Waals surface area contributed by atoms with Crippen LogP contribution in [0.4, 0.5) is 0 Å². The lowest BCUT2D eigenvalue weighted by atomic mass is 9.85. The van der Waals surface area contributed by atoms with E-state index in [4.69, 9.17) is 0 Å². The van der Waals surface area contributed by atoms with E-state index in [0.29, 0.717) is 17.9 Å². The summed E-state index contributed by atoms with van der Waals surface area (Å²) in [4.78, 5) is 12.1. The van der Waals surface area contributed by atoms with Gasteiger partial charge >= 0.3 is 0 Å². The van der Waals surface area contributed by atoms with Crippen LogP contribution in [-0.2, 0) is 4.79 Å². The minimum atomic E-state index is 0.235. The standard InChI is InChI=1S/C14H23NO/c1-11-7-5-6-10-13(11)15-14(16)12-8-3-2-4-9-12/h2-3,11-13H,4-10H2,1H3,(H,15,16)/t11-,12+,13+/m1/s1. The van der Waals surface area contributed by atoms with Crippen LogP contribution < -0.4 is 5.32 Å². The van der Waals surface area contributed by atoms with E-state index in [2.05, 4.69) is 24.4 Å². The second-order valence-electron chi connectivity index (χ2n) is 5.36. The highest BCUT2D eigenvalue weighted by Crippen LogP contribution is 2.25. The minimum Gasteiger partial charge on any atom is -0.353 e. The largest absolute Gasteiger partial charge is 0.353 e. The molecule has 16 heavy (non-hydrogen) atoms. The molecular weight excluding hydrogens is 198 g/mol. The highest BCUT2D eigenvalue weighted by Gasteiger charge is 2.26. The Morgan fingerprint density at radius 2 is 2.00 bits per heavy atom. The van der Waals surface area contributed by atoms with Crippen molar-refractivity contribution < 1.29 is 4.79 Å². The first-order chi connectivity index (χ1) is 7.77. The Labute approximate surface area is 98.5 Å². The number of rotatable bonds is 2. The zero-order chi connectivity index (χ0) is 11.4. The molecule has 2 aliphatic carbocycles. The Hall–Kier alpha value is -0.790. The number of carbonyl (C=O) groups excluding carboxylic acids is 1. The third kappa shape index (κ3) is 2.87. The monoisotopic (exact) mass is 221 g/mol. The van der Waals surface area contributed by atoms with E-state index < -0.39 is 0 Å². The normalized spacial score (nSPS) is 34.7. The van der Waals surface area contributed by atoms with Gasteiger partial charge in [0.25, 0.3) is 0 Å². The van der Waals surface area contributed by atoms with Crippen LogP contribution >= 0.6 is 0 Å². The average molecular weight is 221 g/mol. The smallest absolute Gasteiger partial charge is 0.223 e. The molecule has 0 heterocycles. The summed E-state index contributed by atoms with van der Waals surface area (Å²) in [5, 5.41) is 3.27. The molecule has 1 N–H and O–H groups in total. The maximum absolute atomic E-state index is 12.1. The molecule has 2 nitrogen and oxygen atoms in total. The summed E-state index contributed by atoms with van der Waals surface area (Å²) in [5.74, 6) is 1.19. The molecule has 2 heteroatoms. The van der Waals surface area contributed by atoms with Crippen LogP contribution in [0.2, 0.25) is 0 Å². The predicted molar refractivity (Wildman–Crippen MR) is 66.0 cm³/mol. The van der Waals surface area contributed by atoms with Crippen molar-refractivity contribution in [3.05, 3.63) is 12.2 Å². The molecule has 0 radical (unpaired) electrons. The van der Waals surface area contributed by atoms with Crippen LogP contribution in [0.1, 0.15) is 51.9 Å². The maximum Gasteiger partial charge on any atom is 0.223 e. The number of hydrogen-bond acceptors (Lipinski definition) is 1. The predicted octanol–water partition coefficient (Wildman–Crippen LogP) is 3.04. The summed E-state index contributed by atoms with van der Waals surface area (Å²) >= 11 is 0. The molecule has 0 aromatic carbocycles. The highest BCUT2D eigenvalue weighted by molar-refractivity contribution is 5.79. The Kier molecular flexibility index (Phi) is 4.03. The fourth-order valence-electron chi connectivity index (χ4n) is 2.86. The summed E-state index contributed by atoms with van der Waals surface area (Å²) < 4.78 is 0. The Bertz CT molecular complexity index is 272. The van der Waals surface area contributed by atoms with Gasteiger partial charge in [0.05, 0.1) is 0 Å². The van der Waals surface area contributed by atoms with Crippen molar-refractivity contribution in [3.8, 4) is 0 Å². The van der Waals surface area contributed by atoms with Gasteiger partial charge in [-0.05, 0) is 38.0 Å². The molecular formula is C14H23NO. The van der Waals surface area contributed by atoms with Gasteiger partial charge in [-0.25, -0.2) is 0 Å². The lowest BCUT2D eigenvalue weighted by Gasteiger charge is -2.31. The van der Waals surface area contributed by atoms with Gasteiger partial charge in [0.2, 0.25) is 5.91 Å². The Morgan fingerprint density at radius 3 is 2.69 bits per heavy atom. The summed E-state index contributed by atoms with van der Waals surface area (Å²) in [6, 6.07) is 0.437. The molecule has 3 atom stereocenters. The molecule has 2 rings (SSSR count). The molecule has 90 valence electrons. The average Bonchev–Trinajstić information content (AvgIpc) is 2.33. The van der Waals surface area contributed by atoms with E-state index >= 15 is 0 Å². The van der Waals surface area contributed by atoms with Crippen molar-refractivity contribution in [2.24, 2.45) is 11.8 Å². The Balaban J connectivity index is 1.83. The van der Waals surface area contributed by atoms with Crippen molar-refractivity contribution in [1.29, 1.82) is 0 Å².